The van der Waals surface area contributed by atoms with Crippen LogP contribution >= 0.6 is 15.9 Å². The molecule has 0 unspecified atom stereocenters. The Kier molecular flexibility index (Phi) is 4.21. The van der Waals surface area contributed by atoms with Gasteiger partial charge in [0.25, 0.3) is 11.7 Å². The van der Waals surface area contributed by atoms with E-state index in [1.807, 2.05) is 0 Å². The Balaban J connectivity index is 2.34. The highest BCUT2D eigenvalue weighted by molar-refractivity contribution is 9.10. The summed E-state index contributed by atoms with van der Waals surface area (Å²) in [6.45, 7) is 2.91. The van der Waals surface area contributed by atoms with E-state index < -0.39 is 32.6 Å². The van der Waals surface area contributed by atoms with Crippen LogP contribution in [0.4, 0.5) is 10.1 Å². The smallest absolute Gasteiger partial charge is 0.299 e. The number of Topliss-reactive ketones (excluding diaryl/α,β-unsaturated/α-hetero) is 1. The number of benzene rings is 1. The molecule has 8 heteroatoms. The molecule has 5 nitrogen and oxygen atoms in total. The number of amides is 1. The maximum atomic E-state index is 13.6. The number of anilines is 1. The van der Waals surface area contributed by atoms with Crippen molar-refractivity contribution in [1.82, 2.24) is 0 Å². The molecule has 0 saturated carbocycles. The highest BCUT2D eigenvalue weighted by Gasteiger charge is 2.37. The molecular formula is C13H13BrFNO4S. The van der Waals surface area contributed by atoms with Gasteiger partial charge in [-0.05, 0) is 41.9 Å². The molecule has 0 aliphatic carbocycles. The lowest BCUT2D eigenvalue weighted by Crippen LogP contribution is -2.35. The molecule has 114 valence electrons. The van der Waals surface area contributed by atoms with E-state index >= 15 is 0 Å². The van der Waals surface area contributed by atoms with E-state index in [2.05, 4.69) is 15.9 Å². The zero-order valence-corrected chi connectivity index (χ0v) is 13.8. The first kappa shape index (κ1) is 16.1. The first-order valence-corrected chi connectivity index (χ1v) is 8.73. The van der Waals surface area contributed by atoms with E-state index in [-0.39, 0.29) is 28.0 Å². The molecule has 0 N–H and O–H groups in total. The zero-order chi connectivity index (χ0) is 15.9. The number of fused-ring (bicyclic) bond motifs is 1. The van der Waals surface area contributed by atoms with Crippen molar-refractivity contribution in [2.75, 3.05) is 17.2 Å². The molecule has 0 atom stereocenters. The van der Waals surface area contributed by atoms with Gasteiger partial charge in [-0.15, -0.1) is 0 Å². The van der Waals surface area contributed by atoms with Crippen LogP contribution in [0.5, 0.6) is 0 Å². The molecule has 0 saturated heterocycles. The third kappa shape index (κ3) is 2.87. The Hall–Kier alpha value is -1.28. The van der Waals surface area contributed by atoms with Crippen molar-refractivity contribution in [3.05, 3.63) is 28.0 Å². The third-order valence-electron chi connectivity index (χ3n) is 3.33. The van der Waals surface area contributed by atoms with Gasteiger partial charge in [0, 0.05) is 6.54 Å². The Morgan fingerprint density at radius 2 is 1.90 bits per heavy atom. The Morgan fingerprint density at radius 3 is 2.48 bits per heavy atom. The van der Waals surface area contributed by atoms with Crippen molar-refractivity contribution < 1.29 is 22.4 Å². The van der Waals surface area contributed by atoms with E-state index in [1.54, 1.807) is 0 Å². The van der Waals surface area contributed by atoms with Gasteiger partial charge in [-0.2, -0.15) is 0 Å². The molecule has 0 spiro atoms. The summed E-state index contributed by atoms with van der Waals surface area (Å²) in [5.41, 5.74) is 0.194. The average Bonchev–Trinajstić information content (AvgIpc) is 2.61. The SMILES string of the molecule is CC(C)S(=O)(=O)CCN1C(=O)C(=O)c2cc(Br)c(F)cc21. The van der Waals surface area contributed by atoms with E-state index in [1.165, 1.54) is 19.9 Å². The number of sulfone groups is 1. The molecule has 1 aromatic rings. The minimum Gasteiger partial charge on any atom is -0.304 e. The highest BCUT2D eigenvalue weighted by atomic mass is 79.9. The maximum Gasteiger partial charge on any atom is 0.299 e. The normalized spacial score (nSPS) is 15.0. The molecule has 0 aromatic heterocycles. The lowest BCUT2D eigenvalue weighted by atomic mass is 10.1. The second-order valence-electron chi connectivity index (χ2n) is 4.99. The van der Waals surface area contributed by atoms with Gasteiger partial charge in [0.15, 0.2) is 9.84 Å². The van der Waals surface area contributed by atoms with Gasteiger partial charge in [-0.3, -0.25) is 9.59 Å². The number of hydrogen-bond donors (Lipinski definition) is 0. The number of ketones is 1. The van der Waals surface area contributed by atoms with E-state index in [0.717, 1.165) is 11.0 Å². The number of hydrogen-bond acceptors (Lipinski definition) is 4. The third-order valence-corrected chi connectivity index (χ3v) is 6.13. The molecule has 21 heavy (non-hydrogen) atoms. The number of rotatable bonds is 4. The molecule has 1 aliphatic rings. The average molecular weight is 378 g/mol. The van der Waals surface area contributed by atoms with E-state index in [9.17, 15) is 22.4 Å². The van der Waals surface area contributed by atoms with Gasteiger partial charge in [0.2, 0.25) is 0 Å². The summed E-state index contributed by atoms with van der Waals surface area (Å²) in [6.07, 6.45) is 0. The van der Waals surface area contributed by atoms with Crippen LogP contribution in [0.2, 0.25) is 0 Å². The number of carbonyl (C=O) groups excluding carboxylic acids is 2. The first-order valence-electron chi connectivity index (χ1n) is 6.22. The molecule has 1 amide bonds. The van der Waals surface area contributed by atoms with Crippen LogP contribution in [0.25, 0.3) is 0 Å². The van der Waals surface area contributed by atoms with Crippen molar-refractivity contribution in [3.63, 3.8) is 0 Å². The van der Waals surface area contributed by atoms with Gasteiger partial charge < -0.3 is 4.90 Å². The van der Waals surface area contributed by atoms with Crippen molar-refractivity contribution in [3.8, 4) is 0 Å². The topological polar surface area (TPSA) is 71.5 Å². The monoisotopic (exact) mass is 377 g/mol. The number of carbonyl (C=O) groups is 2. The van der Waals surface area contributed by atoms with Crippen LogP contribution < -0.4 is 4.90 Å². The molecule has 0 fully saturated rings. The lowest BCUT2D eigenvalue weighted by molar-refractivity contribution is -0.114. The van der Waals surface area contributed by atoms with Gasteiger partial charge in [0.1, 0.15) is 5.82 Å². The maximum absolute atomic E-state index is 13.6. The summed E-state index contributed by atoms with van der Waals surface area (Å²) in [5, 5.41) is -0.577. The van der Waals surface area contributed by atoms with E-state index in [0.29, 0.717) is 0 Å². The Labute approximate surface area is 130 Å². The minimum absolute atomic E-state index is 0.0789. The fraction of sp³-hybridized carbons (Fsp3) is 0.385. The van der Waals surface area contributed by atoms with Gasteiger partial charge in [-0.25, -0.2) is 12.8 Å². The zero-order valence-electron chi connectivity index (χ0n) is 11.4. The van der Waals surface area contributed by atoms with Crippen LogP contribution in [0.3, 0.4) is 0 Å². The molecule has 1 heterocycles. The summed E-state index contributed by atoms with van der Waals surface area (Å²) >= 11 is 2.95. The predicted molar refractivity (Wildman–Crippen MR) is 79.7 cm³/mol. The molecular weight excluding hydrogens is 365 g/mol. The summed E-state index contributed by atoms with van der Waals surface area (Å²) in [4.78, 5) is 24.8. The van der Waals surface area contributed by atoms with Crippen molar-refractivity contribution in [2.45, 2.75) is 19.1 Å². The van der Waals surface area contributed by atoms with Gasteiger partial charge in [-0.1, -0.05) is 0 Å². The summed E-state index contributed by atoms with van der Waals surface area (Å²) in [7, 11) is -3.36. The predicted octanol–water partition coefficient (Wildman–Crippen LogP) is 1.94. The van der Waals surface area contributed by atoms with Gasteiger partial charge >= 0.3 is 0 Å². The van der Waals surface area contributed by atoms with Crippen molar-refractivity contribution in [1.29, 1.82) is 0 Å². The van der Waals surface area contributed by atoms with Gasteiger partial charge in [0.05, 0.1) is 26.7 Å². The fourth-order valence-corrected chi connectivity index (χ4v) is 3.22. The Bertz CT molecular complexity index is 730. The summed E-state index contributed by atoms with van der Waals surface area (Å²) < 4.78 is 37.3. The molecule has 1 aromatic carbocycles. The molecule has 0 bridgehead atoms. The quantitative estimate of drug-likeness (QED) is 0.751. The fourth-order valence-electron chi connectivity index (χ4n) is 1.96. The van der Waals surface area contributed by atoms with Crippen LogP contribution in [0.1, 0.15) is 24.2 Å². The summed E-state index contributed by atoms with van der Waals surface area (Å²) in [5.74, 6) is -2.48. The Morgan fingerprint density at radius 1 is 1.29 bits per heavy atom. The highest BCUT2D eigenvalue weighted by Crippen LogP contribution is 2.33. The van der Waals surface area contributed by atoms with Crippen LogP contribution in [0, 0.1) is 5.82 Å². The second-order valence-corrected chi connectivity index (χ2v) is 8.52. The van der Waals surface area contributed by atoms with Crippen molar-refractivity contribution in [2.24, 2.45) is 0 Å². The minimum atomic E-state index is -3.36. The molecule has 1 aliphatic heterocycles. The number of nitrogens with zero attached hydrogens (tertiary/aromatic N) is 1. The molecule has 0 radical (unpaired) electrons. The lowest BCUT2D eigenvalue weighted by Gasteiger charge is -2.17. The van der Waals surface area contributed by atoms with Crippen LogP contribution in [0.15, 0.2) is 16.6 Å². The largest absolute Gasteiger partial charge is 0.304 e. The number of halogens is 2. The standard InChI is InChI=1S/C13H13BrFNO4S/c1-7(2)21(19,20)4-3-16-11-6-10(15)9(14)5-8(11)12(17)13(16)18/h5-7H,3-4H2,1-2H3. The first-order chi connectivity index (χ1) is 9.65. The summed E-state index contributed by atoms with van der Waals surface area (Å²) in [6, 6.07) is 2.30. The second kappa shape index (κ2) is 5.49. The van der Waals surface area contributed by atoms with Crippen LogP contribution in [-0.2, 0) is 14.6 Å². The molecule has 2 rings (SSSR count). The van der Waals surface area contributed by atoms with Crippen molar-refractivity contribution >= 4 is 43.1 Å². The van der Waals surface area contributed by atoms with Crippen LogP contribution in [-0.4, -0.2) is 37.7 Å². The van der Waals surface area contributed by atoms with E-state index in [4.69, 9.17) is 0 Å².